The highest BCUT2D eigenvalue weighted by Gasteiger charge is 2.35. The summed E-state index contributed by atoms with van der Waals surface area (Å²) >= 11 is 0. The minimum absolute atomic E-state index is 0.190. The number of hydrogen-bond donors (Lipinski definition) is 1. The van der Waals surface area contributed by atoms with E-state index in [-0.39, 0.29) is 5.54 Å². The Morgan fingerprint density at radius 2 is 2.28 bits per heavy atom. The fourth-order valence-corrected chi connectivity index (χ4v) is 3.35. The van der Waals surface area contributed by atoms with E-state index >= 15 is 0 Å². The highest BCUT2D eigenvalue weighted by molar-refractivity contribution is 5.85. The Kier molecular flexibility index (Phi) is 3.04. The molecule has 1 unspecified atom stereocenters. The van der Waals surface area contributed by atoms with Crippen LogP contribution in [-0.2, 0) is 5.54 Å². The molecule has 1 atom stereocenters. The zero-order valence-corrected chi connectivity index (χ0v) is 10.9. The third-order valence-corrected chi connectivity index (χ3v) is 4.12. The number of pyridine rings is 1. The van der Waals surface area contributed by atoms with Crippen LogP contribution < -0.4 is 5.32 Å². The summed E-state index contributed by atoms with van der Waals surface area (Å²) in [4.78, 5) is 4.23. The largest absolute Gasteiger partial charge is 0.307 e. The lowest BCUT2D eigenvalue weighted by Gasteiger charge is -2.31. The van der Waals surface area contributed by atoms with Gasteiger partial charge in [0.05, 0.1) is 0 Å². The van der Waals surface area contributed by atoms with Gasteiger partial charge in [-0.05, 0) is 42.8 Å². The topological polar surface area (TPSA) is 24.9 Å². The lowest BCUT2D eigenvalue weighted by molar-refractivity contribution is 0.359. The monoisotopic (exact) mass is 240 g/mol. The number of nitrogens with zero attached hydrogens (tertiary/aromatic N) is 1. The summed E-state index contributed by atoms with van der Waals surface area (Å²) in [7, 11) is 0. The van der Waals surface area contributed by atoms with Gasteiger partial charge >= 0.3 is 0 Å². The quantitative estimate of drug-likeness (QED) is 0.886. The van der Waals surface area contributed by atoms with Crippen molar-refractivity contribution in [2.45, 2.75) is 38.1 Å². The van der Waals surface area contributed by atoms with Crippen LogP contribution >= 0.6 is 0 Å². The first-order valence-electron chi connectivity index (χ1n) is 6.94. The molecular weight excluding hydrogens is 220 g/mol. The Bertz CT molecular complexity index is 536. The van der Waals surface area contributed by atoms with Gasteiger partial charge in [-0.3, -0.25) is 4.98 Å². The van der Waals surface area contributed by atoms with Gasteiger partial charge < -0.3 is 5.32 Å². The molecular formula is C16H20N2. The SMILES string of the molecule is CCCC1(c2cccc3cnccc23)CCCN1. The van der Waals surface area contributed by atoms with Crippen molar-refractivity contribution >= 4 is 10.8 Å². The summed E-state index contributed by atoms with van der Waals surface area (Å²) in [5, 5.41) is 6.37. The number of rotatable bonds is 3. The maximum Gasteiger partial charge on any atom is 0.0441 e. The van der Waals surface area contributed by atoms with E-state index in [0.717, 1.165) is 6.54 Å². The molecule has 18 heavy (non-hydrogen) atoms. The zero-order chi connectivity index (χ0) is 12.4. The normalized spacial score (nSPS) is 23.6. The van der Waals surface area contributed by atoms with Crippen LogP contribution in [0.5, 0.6) is 0 Å². The van der Waals surface area contributed by atoms with Crippen molar-refractivity contribution in [1.82, 2.24) is 10.3 Å². The van der Waals surface area contributed by atoms with Gasteiger partial charge in [-0.1, -0.05) is 31.5 Å². The first-order chi connectivity index (χ1) is 8.86. The number of benzene rings is 1. The van der Waals surface area contributed by atoms with Gasteiger partial charge in [-0.15, -0.1) is 0 Å². The van der Waals surface area contributed by atoms with Crippen molar-refractivity contribution in [3.05, 3.63) is 42.2 Å². The van der Waals surface area contributed by atoms with Gasteiger partial charge in [0, 0.05) is 23.3 Å². The Hall–Kier alpha value is -1.41. The van der Waals surface area contributed by atoms with Crippen LogP contribution in [0, 0.1) is 0 Å². The van der Waals surface area contributed by atoms with Crippen molar-refractivity contribution in [2.24, 2.45) is 0 Å². The predicted octanol–water partition coefficient (Wildman–Crippen LogP) is 3.61. The second kappa shape index (κ2) is 4.69. The Morgan fingerprint density at radius 1 is 1.33 bits per heavy atom. The molecule has 2 aromatic rings. The highest BCUT2D eigenvalue weighted by atomic mass is 15.0. The van der Waals surface area contributed by atoms with Crippen molar-refractivity contribution in [2.75, 3.05) is 6.54 Å². The van der Waals surface area contributed by atoms with Crippen LogP contribution in [0.3, 0.4) is 0 Å². The predicted molar refractivity (Wildman–Crippen MR) is 75.6 cm³/mol. The summed E-state index contributed by atoms with van der Waals surface area (Å²) in [6, 6.07) is 8.76. The molecule has 1 fully saturated rings. The molecule has 1 aliphatic heterocycles. The smallest absolute Gasteiger partial charge is 0.0441 e. The van der Waals surface area contributed by atoms with Crippen LogP contribution in [0.2, 0.25) is 0 Å². The molecule has 1 saturated heterocycles. The van der Waals surface area contributed by atoms with Gasteiger partial charge in [0.25, 0.3) is 0 Å². The summed E-state index contributed by atoms with van der Waals surface area (Å²) in [6.45, 7) is 3.41. The average molecular weight is 240 g/mol. The molecule has 0 amide bonds. The van der Waals surface area contributed by atoms with Gasteiger partial charge in [-0.2, -0.15) is 0 Å². The fraction of sp³-hybridized carbons (Fsp3) is 0.438. The lowest BCUT2D eigenvalue weighted by Crippen LogP contribution is -2.36. The standard InChI is InChI=1S/C16H20N2/c1-2-8-16(9-4-10-18-16)15-6-3-5-13-12-17-11-7-14(13)15/h3,5-7,11-12,18H,2,4,8-10H2,1H3. The molecule has 0 spiro atoms. The van der Waals surface area contributed by atoms with Crippen molar-refractivity contribution in [3.8, 4) is 0 Å². The lowest BCUT2D eigenvalue weighted by atomic mass is 9.82. The molecule has 94 valence electrons. The molecule has 1 aromatic carbocycles. The van der Waals surface area contributed by atoms with E-state index in [4.69, 9.17) is 0 Å². The van der Waals surface area contributed by atoms with Crippen LogP contribution in [0.1, 0.15) is 38.2 Å². The molecule has 2 nitrogen and oxygen atoms in total. The zero-order valence-electron chi connectivity index (χ0n) is 10.9. The molecule has 0 aliphatic carbocycles. The molecule has 2 heterocycles. The van der Waals surface area contributed by atoms with E-state index in [9.17, 15) is 0 Å². The van der Waals surface area contributed by atoms with E-state index in [1.165, 1.54) is 42.0 Å². The molecule has 3 rings (SSSR count). The Labute approximate surface area is 108 Å². The summed E-state index contributed by atoms with van der Waals surface area (Å²) in [6.07, 6.45) is 8.83. The third kappa shape index (κ3) is 1.81. The molecule has 0 saturated carbocycles. The summed E-state index contributed by atoms with van der Waals surface area (Å²) in [5.41, 5.74) is 1.65. The fourth-order valence-electron chi connectivity index (χ4n) is 3.35. The number of fused-ring (bicyclic) bond motifs is 1. The molecule has 1 N–H and O–H groups in total. The van der Waals surface area contributed by atoms with Crippen LogP contribution in [-0.4, -0.2) is 11.5 Å². The van der Waals surface area contributed by atoms with Crippen LogP contribution in [0.4, 0.5) is 0 Å². The van der Waals surface area contributed by atoms with Crippen LogP contribution in [0.15, 0.2) is 36.7 Å². The average Bonchev–Trinajstić information content (AvgIpc) is 2.88. The van der Waals surface area contributed by atoms with Gasteiger partial charge in [0.15, 0.2) is 0 Å². The Balaban J connectivity index is 2.17. The number of aromatic nitrogens is 1. The van der Waals surface area contributed by atoms with Gasteiger partial charge in [0.2, 0.25) is 0 Å². The third-order valence-electron chi connectivity index (χ3n) is 4.12. The maximum absolute atomic E-state index is 4.23. The second-order valence-electron chi connectivity index (χ2n) is 5.26. The molecule has 1 aromatic heterocycles. The van der Waals surface area contributed by atoms with Crippen molar-refractivity contribution < 1.29 is 0 Å². The minimum Gasteiger partial charge on any atom is -0.307 e. The second-order valence-corrected chi connectivity index (χ2v) is 5.26. The maximum atomic E-state index is 4.23. The van der Waals surface area contributed by atoms with Crippen molar-refractivity contribution in [1.29, 1.82) is 0 Å². The number of hydrogen-bond acceptors (Lipinski definition) is 2. The van der Waals surface area contributed by atoms with E-state index in [2.05, 4.69) is 41.5 Å². The van der Waals surface area contributed by atoms with Crippen LogP contribution in [0.25, 0.3) is 10.8 Å². The van der Waals surface area contributed by atoms with E-state index < -0.39 is 0 Å². The van der Waals surface area contributed by atoms with E-state index in [1.54, 1.807) is 0 Å². The van der Waals surface area contributed by atoms with Crippen molar-refractivity contribution in [3.63, 3.8) is 0 Å². The number of nitrogens with one attached hydrogen (secondary N) is 1. The summed E-state index contributed by atoms with van der Waals surface area (Å²) < 4.78 is 0. The molecule has 0 radical (unpaired) electrons. The minimum atomic E-state index is 0.190. The highest BCUT2D eigenvalue weighted by Crippen LogP contribution is 2.38. The Morgan fingerprint density at radius 3 is 3.06 bits per heavy atom. The van der Waals surface area contributed by atoms with E-state index in [0.29, 0.717) is 0 Å². The van der Waals surface area contributed by atoms with Gasteiger partial charge in [-0.25, -0.2) is 0 Å². The van der Waals surface area contributed by atoms with Gasteiger partial charge in [0.1, 0.15) is 0 Å². The van der Waals surface area contributed by atoms with E-state index in [1.807, 2.05) is 12.4 Å². The molecule has 1 aliphatic rings. The molecule has 0 bridgehead atoms. The molecule has 2 heteroatoms. The first kappa shape index (κ1) is 11.7. The summed E-state index contributed by atoms with van der Waals surface area (Å²) in [5.74, 6) is 0. The first-order valence-corrected chi connectivity index (χ1v) is 6.94.